The van der Waals surface area contributed by atoms with E-state index in [1.54, 1.807) is 12.1 Å². The van der Waals surface area contributed by atoms with Crippen molar-refractivity contribution in [2.75, 3.05) is 13.2 Å². The molecule has 0 aliphatic rings. The van der Waals surface area contributed by atoms with Crippen LogP contribution in [0.25, 0.3) is 0 Å². The Balaban J connectivity index is 2.96. The van der Waals surface area contributed by atoms with Crippen LogP contribution >= 0.6 is 27.5 Å². The Kier molecular flexibility index (Phi) is 6.24. The van der Waals surface area contributed by atoms with Crippen molar-refractivity contribution >= 4 is 27.5 Å². The van der Waals surface area contributed by atoms with Crippen LogP contribution in [-0.4, -0.2) is 18.8 Å². The summed E-state index contributed by atoms with van der Waals surface area (Å²) >= 11 is 9.14. The molecular weight excluding hydrogens is 333 g/mol. The van der Waals surface area contributed by atoms with E-state index in [1.807, 2.05) is 27.7 Å². The largest absolute Gasteiger partial charge is 0.374 e. The monoisotopic (exact) mass is 351 g/mol. The maximum atomic E-state index is 14.2. The molecule has 1 unspecified atom stereocenters. The lowest BCUT2D eigenvalue weighted by atomic mass is 10.1. The topological polar surface area (TPSA) is 21.3 Å². The third kappa shape index (κ3) is 5.03. The van der Waals surface area contributed by atoms with Crippen LogP contribution in [0.4, 0.5) is 4.39 Å². The molecule has 0 aromatic heterocycles. The van der Waals surface area contributed by atoms with Crippen molar-refractivity contribution in [2.45, 2.75) is 39.3 Å². The van der Waals surface area contributed by atoms with Crippen LogP contribution < -0.4 is 5.32 Å². The van der Waals surface area contributed by atoms with Crippen LogP contribution in [-0.2, 0) is 4.74 Å². The SMILES string of the molecule is CCNC(COC(C)(C)C)c1ccc(Br)c(Cl)c1F. The smallest absolute Gasteiger partial charge is 0.147 e. The highest BCUT2D eigenvalue weighted by Gasteiger charge is 2.21. The van der Waals surface area contributed by atoms with Gasteiger partial charge in [0, 0.05) is 10.0 Å². The fraction of sp³-hybridized carbons (Fsp3) is 0.571. The summed E-state index contributed by atoms with van der Waals surface area (Å²) in [5, 5.41) is 3.33. The minimum atomic E-state index is -0.403. The highest BCUT2D eigenvalue weighted by atomic mass is 79.9. The molecule has 2 nitrogen and oxygen atoms in total. The second-order valence-corrected chi connectivity index (χ2v) is 6.53. The Morgan fingerprint density at radius 1 is 1.42 bits per heavy atom. The maximum Gasteiger partial charge on any atom is 0.147 e. The van der Waals surface area contributed by atoms with E-state index in [4.69, 9.17) is 16.3 Å². The molecule has 0 fully saturated rings. The number of hydrogen-bond donors (Lipinski definition) is 1. The molecule has 1 rings (SSSR count). The first-order valence-electron chi connectivity index (χ1n) is 6.27. The second-order valence-electron chi connectivity index (χ2n) is 5.30. The van der Waals surface area contributed by atoms with E-state index in [2.05, 4.69) is 21.2 Å². The third-order valence-corrected chi connectivity index (χ3v) is 3.83. The first kappa shape index (κ1) is 16.9. The van der Waals surface area contributed by atoms with Gasteiger partial charge in [-0.05, 0) is 49.3 Å². The zero-order valence-electron chi connectivity index (χ0n) is 11.7. The predicted molar refractivity (Wildman–Crippen MR) is 81.2 cm³/mol. The number of ether oxygens (including phenoxy) is 1. The molecule has 0 saturated heterocycles. The quantitative estimate of drug-likeness (QED) is 0.775. The summed E-state index contributed by atoms with van der Waals surface area (Å²) in [5.41, 5.74) is 0.267. The van der Waals surface area contributed by atoms with Crippen molar-refractivity contribution in [3.63, 3.8) is 0 Å². The van der Waals surface area contributed by atoms with Gasteiger partial charge < -0.3 is 10.1 Å². The molecule has 0 spiro atoms. The molecule has 1 N–H and O–H groups in total. The van der Waals surface area contributed by atoms with E-state index in [1.165, 1.54) is 0 Å². The van der Waals surface area contributed by atoms with Gasteiger partial charge in [-0.25, -0.2) is 4.39 Å². The van der Waals surface area contributed by atoms with Crippen LogP contribution in [0.2, 0.25) is 5.02 Å². The van der Waals surface area contributed by atoms with Crippen molar-refractivity contribution in [3.8, 4) is 0 Å². The zero-order chi connectivity index (χ0) is 14.6. The van der Waals surface area contributed by atoms with Crippen LogP contribution in [0.1, 0.15) is 39.3 Å². The minimum absolute atomic E-state index is 0.108. The zero-order valence-corrected chi connectivity index (χ0v) is 14.0. The molecule has 0 heterocycles. The van der Waals surface area contributed by atoms with E-state index < -0.39 is 5.82 Å². The highest BCUT2D eigenvalue weighted by Crippen LogP contribution is 2.31. The predicted octanol–water partition coefficient (Wildman–Crippen LogP) is 4.71. The number of halogens is 3. The van der Waals surface area contributed by atoms with Crippen LogP contribution in [0, 0.1) is 5.82 Å². The Morgan fingerprint density at radius 2 is 2.05 bits per heavy atom. The second kappa shape index (κ2) is 7.02. The lowest BCUT2D eigenvalue weighted by Gasteiger charge is -2.25. The Bertz CT molecular complexity index is 434. The summed E-state index contributed by atoms with van der Waals surface area (Å²) in [7, 11) is 0. The molecule has 0 saturated carbocycles. The van der Waals surface area contributed by atoms with Crippen LogP contribution in [0.5, 0.6) is 0 Å². The van der Waals surface area contributed by atoms with Crippen LogP contribution in [0.15, 0.2) is 16.6 Å². The van der Waals surface area contributed by atoms with Crippen molar-refractivity contribution in [3.05, 3.63) is 33.0 Å². The molecule has 1 aromatic carbocycles. The van der Waals surface area contributed by atoms with Gasteiger partial charge in [-0.2, -0.15) is 0 Å². The normalized spacial score (nSPS) is 13.6. The molecule has 0 bridgehead atoms. The van der Waals surface area contributed by atoms with Gasteiger partial charge in [0.15, 0.2) is 0 Å². The fourth-order valence-electron chi connectivity index (χ4n) is 1.65. The molecule has 19 heavy (non-hydrogen) atoms. The molecule has 0 amide bonds. The van der Waals surface area contributed by atoms with E-state index in [0.717, 1.165) is 6.54 Å². The average molecular weight is 353 g/mol. The minimum Gasteiger partial charge on any atom is -0.374 e. The van der Waals surface area contributed by atoms with Crippen molar-refractivity contribution < 1.29 is 9.13 Å². The number of hydrogen-bond acceptors (Lipinski definition) is 2. The summed E-state index contributed by atoms with van der Waals surface area (Å²) in [6, 6.07) is 3.27. The van der Waals surface area contributed by atoms with E-state index in [9.17, 15) is 4.39 Å². The number of benzene rings is 1. The number of likely N-dealkylation sites (N-methyl/N-ethyl adjacent to an activating group) is 1. The summed E-state index contributed by atoms with van der Waals surface area (Å²) in [5.74, 6) is -0.403. The Morgan fingerprint density at radius 3 is 2.58 bits per heavy atom. The van der Waals surface area contributed by atoms with E-state index >= 15 is 0 Å². The molecule has 1 atom stereocenters. The van der Waals surface area contributed by atoms with Crippen molar-refractivity contribution in [2.24, 2.45) is 0 Å². The molecule has 1 aromatic rings. The Hall–Kier alpha value is -0.160. The first-order valence-corrected chi connectivity index (χ1v) is 7.44. The van der Waals surface area contributed by atoms with Gasteiger partial charge in [0.25, 0.3) is 0 Å². The number of nitrogens with one attached hydrogen (secondary N) is 1. The lowest BCUT2D eigenvalue weighted by Crippen LogP contribution is -2.30. The lowest BCUT2D eigenvalue weighted by molar-refractivity contribution is -0.0150. The molecule has 0 aliphatic heterocycles. The van der Waals surface area contributed by atoms with Crippen molar-refractivity contribution in [1.82, 2.24) is 5.32 Å². The van der Waals surface area contributed by atoms with E-state index in [0.29, 0.717) is 16.6 Å². The first-order chi connectivity index (χ1) is 8.76. The van der Waals surface area contributed by atoms with Gasteiger partial charge in [-0.15, -0.1) is 0 Å². The van der Waals surface area contributed by atoms with Gasteiger partial charge in [0.1, 0.15) is 5.82 Å². The third-order valence-electron chi connectivity index (χ3n) is 2.57. The summed E-state index contributed by atoms with van der Waals surface area (Å²) in [6.45, 7) is 9.02. The van der Waals surface area contributed by atoms with Gasteiger partial charge in [0.05, 0.1) is 23.3 Å². The molecule has 5 heteroatoms. The van der Waals surface area contributed by atoms with Gasteiger partial charge in [0.2, 0.25) is 0 Å². The van der Waals surface area contributed by atoms with Gasteiger partial charge in [-0.3, -0.25) is 0 Å². The standard InChI is InChI=1S/C14H20BrClFNO/c1-5-18-11(8-19-14(2,3)4)9-6-7-10(15)12(16)13(9)17/h6-7,11,18H,5,8H2,1-4H3. The highest BCUT2D eigenvalue weighted by molar-refractivity contribution is 9.10. The number of rotatable bonds is 5. The van der Waals surface area contributed by atoms with Gasteiger partial charge in [-0.1, -0.05) is 24.6 Å². The molecule has 0 radical (unpaired) electrons. The molecule has 108 valence electrons. The van der Waals surface area contributed by atoms with Gasteiger partial charge >= 0.3 is 0 Å². The molecule has 0 aliphatic carbocycles. The average Bonchev–Trinajstić information content (AvgIpc) is 2.31. The van der Waals surface area contributed by atoms with Crippen LogP contribution in [0.3, 0.4) is 0 Å². The summed E-state index contributed by atoms with van der Waals surface area (Å²) in [4.78, 5) is 0. The maximum absolute atomic E-state index is 14.2. The van der Waals surface area contributed by atoms with E-state index in [-0.39, 0.29) is 16.7 Å². The summed E-state index contributed by atoms with van der Waals surface area (Å²) in [6.07, 6.45) is 0. The summed E-state index contributed by atoms with van der Waals surface area (Å²) < 4.78 is 20.5. The fourth-order valence-corrected chi connectivity index (χ4v) is 2.13. The Labute approximate surface area is 127 Å². The van der Waals surface area contributed by atoms with Crippen molar-refractivity contribution in [1.29, 1.82) is 0 Å². The molecular formula is C14H20BrClFNO.